The van der Waals surface area contributed by atoms with Crippen molar-refractivity contribution in [1.82, 2.24) is 0 Å². The maximum atomic E-state index is 11.7. The van der Waals surface area contributed by atoms with E-state index >= 15 is 0 Å². The third-order valence-electron chi connectivity index (χ3n) is 2.27. The zero-order valence-electron chi connectivity index (χ0n) is 10.8. The number of ether oxygens (including phenoxy) is 1. The fourth-order valence-corrected chi connectivity index (χ4v) is 1.26. The molecule has 0 fully saturated rings. The molecule has 0 aliphatic heterocycles. The van der Waals surface area contributed by atoms with E-state index in [1.54, 1.807) is 18.2 Å². The minimum atomic E-state index is -0.319. The van der Waals surface area contributed by atoms with Crippen LogP contribution in [-0.2, 0) is 4.74 Å². The van der Waals surface area contributed by atoms with E-state index in [1.807, 2.05) is 44.2 Å². The van der Waals surface area contributed by atoms with Gasteiger partial charge >= 0.3 is 5.97 Å². The molecule has 0 saturated carbocycles. The van der Waals surface area contributed by atoms with Gasteiger partial charge in [0.25, 0.3) is 0 Å². The molecule has 0 radical (unpaired) electrons. The lowest BCUT2D eigenvalue weighted by Gasteiger charge is -2.05. The molecule has 0 heterocycles. The van der Waals surface area contributed by atoms with E-state index in [-0.39, 0.29) is 12.6 Å². The fraction of sp³-hybridized carbons (Fsp3) is 0.188. The number of benzene rings is 1. The summed E-state index contributed by atoms with van der Waals surface area (Å²) in [5.41, 5.74) is 2.62. The summed E-state index contributed by atoms with van der Waals surface area (Å²) in [4.78, 5) is 11.7. The van der Waals surface area contributed by atoms with Crippen LogP contribution in [0, 0.1) is 0 Å². The summed E-state index contributed by atoms with van der Waals surface area (Å²) in [5, 5.41) is 0. The first-order valence-corrected chi connectivity index (χ1v) is 5.82. The Hall–Kier alpha value is -2.09. The second-order valence-electron chi connectivity index (χ2n) is 4.13. The van der Waals surface area contributed by atoms with Crippen molar-refractivity contribution in [3.8, 4) is 0 Å². The number of hydrogen-bond acceptors (Lipinski definition) is 2. The summed E-state index contributed by atoms with van der Waals surface area (Å²) in [6, 6.07) is 8.94. The maximum Gasteiger partial charge on any atom is 0.338 e. The largest absolute Gasteiger partial charge is 0.457 e. The van der Waals surface area contributed by atoms with Gasteiger partial charge in [0.15, 0.2) is 0 Å². The molecule has 2 heteroatoms. The number of rotatable bonds is 5. The Balaban J connectivity index is 2.59. The first-order chi connectivity index (χ1) is 8.63. The normalized spacial score (nSPS) is 10.7. The van der Waals surface area contributed by atoms with Crippen molar-refractivity contribution in [2.45, 2.75) is 13.8 Å². The molecular formula is C16H18O2. The number of carbonyl (C=O) groups excluding carboxylic acids is 1. The molecule has 18 heavy (non-hydrogen) atoms. The molecule has 1 rings (SSSR count). The Bertz CT molecular complexity index is 463. The van der Waals surface area contributed by atoms with Crippen molar-refractivity contribution in [1.29, 1.82) is 0 Å². The Kier molecular flexibility index (Phi) is 5.65. The molecule has 0 unspecified atom stereocenters. The van der Waals surface area contributed by atoms with Gasteiger partial charge < -0.3 is 4.74 Å². The quantitative estimate of drug-likeness (QED) is 0.577. The molecule has 0 saturated heterocycles. The van der Waals surface area contributed by atoms with Crippen LogP contribution < -0.4 is 0 Å². The van der Waals surface area contributed by atoms with E-state index in [2.05, 4.69) is 6.58 Å². The Morgan fingerprint density at radius 2 is 1.89 bits per heavy atom. The highest BCUT2D eigenvalue weighted by atomic mass is 16.5. The zero-order valence-corrected chi connectivity index (χ0v) is 10.8. The standard InChI is InChI=1S/C16H18O2/c1-4-14(11-10-13(2)3)12-18-16(17)15-8-6-5-7-9-15/h4-11H,1,12H2,2-3H3/b14-11+. The lowest BCUT2D eigenvalue weighted by atomic mass is 10.2. The van der Waals surface area contributed by atoms with E-state index in [0.29, 0.717) is 5.56 Å². The predicted octanol–water partition coefficient (Wildman–Crippen LogP) is 3.92. The molecule has 0 spiro atoms. The highest BCUT2D eigenvalue weighted by molar-refractivity contribution is 5.89. The topological polar surface area (TPSA) is 26.3 Å². The van der Waals surface area contributed by atoms with Gasteiger partial charge in [0.05, 0.1) is 5.56 Å². The van der Waals surface area contributed by atoms with Crippen LogP contribution in [-0.4, -0.2) is 12.6 Å². The van der Waals surface area contributed by atoms with E-state index in [1.165, 1.54) is 5.57 Å². The molecule has 1 aromatic rings. The van der Waals surface area contributed by atoms with Crippen LogP contribution in [0.5, 0.6) is 0 Å². The van der Waals surface area contributed by atoms with Crippen LogP contribution in [0.4, 0.5) is 0 Å². The van der Waals surface area contributed by atoms with Crippen molar-refractivity contribution in [3.05, 3.63) is 71.8 Å². The first-order valence-electron chi connectivity index (χ1n) is 5.82. The van der Waals surface area contributed by atoms with Crippen molar-refractivity contribution in [2.24, 2.45) is 0 Å². The van der Waals surface area contributed by atoms with Crippen LogP contribution in [0.2, 0.25) is 0 Å². The third kappa shape index (κ3) is 4.83. The fourth-order valence-electron chi connectivity index (χ4n) is 1.26. The van der Waals surface area contributed by atoms with Crippen molar-refractivity contribution < 1.29 is 9.53 Å². The molecule has 0 bridgehead atoms. The van der Waals surface area contributed by atoms with Gasteiger partial charge in [-0.2, -0.15) is 0 Å². The van der Waals surface area contributed by atoms with Gasteiger partial charge in [-0.3, -0.25) is 0 Å². The van der Waals surface area contributed by atoms with Gasteiger partial charge in [-0.05, 0) is 31.6 Å². The van der Waals surface area contributed by atoms with Crippen molar-refractivity contribution >= 4 is 5.97 Å². The smallest absolute Gasteiger partial charge is 0.338 e. The number of allylic oxidation sites excluding steroid dienone is 3. The SMILES string of the molecule is C=C/C(=C\C=C(C)C)COC(=O)c1ccccc1. The molecule has 2 nitrogen and oxygen atoms in total. The molecule has 94 valence electrons. The third-order valence-corrected chi connectivity index (χ3v) is 2.27. The highest BCUT2D eigenvalue weighted by Crippen LogP contribution is 2.05. The van der Waals surface area contributed by atoms with Gasteiger partial charge in [0.2, 0.25) is 0 Å². The predicted molar refractivity (Wildman–Crippen MR) is 74.4 cm³/mol. The van der Waals surface area contributed by atoms with Crippen LogP contribution in [0.15, 0.2) is 66.3 Å². The molecule has 1 aromatic carbocycles. The lowest BCUT2D eigenvalue weighted by Crippen LogP contribution is -2.07. The van der Waals surface area contributed by atoms with Crippen molar-refractivity contribution in [2.75, 3.05) is 6.61 Å². The summed E-state index contributed by atoms with van der Waals surface area (Å²) in [6.07, 6.45) is 5.56. The van der Waals surface area contributed by atoms with Crippen molar-refractivity contribution in [3.63, 3.8) is 0 Å². The summed E-state index contributed by atoms with van der Waals surface area (Å²) in [5.74, 6) is -0.319. The molecule has 0 aliphatic carbocycles. The van der Waals surface area contributed by atoms with E-state index in [0.717, 1.165) is 5.57 Å². The van der Waals surface area contributed by atoms with Gasteiger partial charge in [0, 0.05) is 0 Å². The summed E-state index contributed by atoms with van der Waals surface area (Å²) in [7, 11) is 0. The van der Waals surface area contributed by atoms with Crippen LogP contribution in [0.1, 0.15) is 24.2 Å². The minimum absolute atomic E-state index is 0.237. The lowest BCUT2D eigenvalue weighted by molar-refractivity contribution is 0.0543. The minimum Gasteiger partial charge on any atom is -0.457 e. The summed E-state index contributed by atoms with van der Waals surface area (Å²) in [6.45, 7) is 7.95. The molecule has 0 aliphatic rings. The van der Waals surface area contributed by atoms with Crippen LogP contribution >= 0.6 is 0 Å². The van der Waals surface area contributed by atoms with Gasteiger partial charge in [-0.1, -0.05) is 48.6 Å². The summed E-state index contributed by atoms with van der Waals surface area (Å²) >= 11 is 0. The number of carbonyl (C=O) groups is 1. The average Bonchev–Trinajstić information content (AvgIpc) is 2.39. The van der Waals surface area contributed by atoms with Gasteiger partial charge in [0.1, 0.15) is 6.61 Å². The molecule has 0 aromatic heterocycles. The number of hydrogen-bond donors (Lipinski definition) is 0. The summed E-state index contributed by atoms with van der Waals surface area (Å²) < 4.78 is 5.21. The molecule has 0 atom stereocenters. The second kappa shape index (κ2) is 7.28. The van der Waals surface area contributed by atoms with Gasteiger partial charge in [-0.15, -0.1) is 0 Å². The molecule has 0 N–H and O–H groups in total. The maximum absolute atomic E-state index is 11.7. The zero-order chi connectivity index (χ0) is 13.4. The van der Waals surface area contributed by atoms with E-state index in [9.17, 15) is 4.79 Å². The Labute approximate surface area is 108 Å². The monoisotopic (exact) mass is 242 g/mol. The van der Waals surface area contributed by atoms with Crippen LogP contribution in [0.25, 0.3) is 0 Å². The van der Waals surface area contributed by atoms with Gasteiger partial charge in [-0.25, -0.2) is 4.79 Å². The van der Waals surface area contributed by atoms with E-state index in [4.69, 9.17) is 4.74 Å². The number of esters is 1. The highest BCUT2D eigenvalue weighted by Gasteiger charge is 2.05. The second-order valence-corrected chi connectivity index (χ2v) is 4.13. The Morgan fingerprint density at radius 1 is 1.22 bits per heavy atom. The first kappa shape index (κ1) is 14.0. The average molecular weight is 242 g/mol. The van der Waals surface area contributed by atoms with E-state index < -0.39 is 0 Å². The van der Waals surface area contributed by atoms with Crippen LogP contribution in [0.3, 0.4) is 0 Å². The molecular weight excluding hydrogens is 224 g/mol. The molecule has 0 amide bonds. The Morgan fingerprint density at radius 3 is 2.44 bits per heavy atom.